The lowest BCUT2D eigenvalue weighted by molar-refractivity contribution is 1.89. The van der Waals surface area contributed by atoms with Crippen molar-refractivity contribution in [3.63, 3.8) is 0 Å². The summed E-state index contributed by atoms with van der Waals surface area (Å²) in [4.78, 5) is 0. The number of thiol groups is 1. The van der Waals surface area contributed by atoms with Crippen molar-refractivity contribution in [1.29, 1.82) is 0 Å². The highest BCUT2D eigenvalue weighted by Gasteiger charge is 1.66. The Labute approximate surface area is 45.2 Å². The van der Waals surface area contributed by atoms with Gasteiger partial charge < -0.3 is 0 Å². The normalized spacial score (nSPS) is 12.2. The molecule has 5 heavy (non-hydrogen) atoms. The molecular weight excluding hydrogens is 150 g/mol. The minimum absolute atomic E-state index is 0.806. The third kappa shape index (κ3) is 4.50. The predicted molar refractivity (Wildman–Crippen MR) is 31.0 cm³/mol. The summed E-state index contributed by atoms with van der Waals surface area (Å²) in [5.74, 6) is 0. The molecule has 0 atom stereocenters. The fourth-order valence-electron chi connectivity index (χ4n) is 0. The van der Waals surface area contributed by atoms with Crippen LogP contribution in [-0.2, 0) is 0 Å². The van der Waals surface area contributed by atoms with Crippen LogP contribution < -0.4 is 0 Å². The molecule has 0 aliphatic heterocycles. The third-order valence-corrected chi connectivity index (χ3v) is 0.889. The molecule has 0 aliphatic carbocycles. The monoisotopic (exact) mass is 153 g/mol. The standard InChI is InChI=1S/C2H4BrNS/c1-2(3)4-5/h5H,1H3/b4-2+. The van der Waals surface area contributed by atoms with E-state index < -0.39 is 0 Å². The van der Waals surface area contributed by atoms with E-state index >= 15 is 0 Å². The zero-order valence-corrected chi connectivity index (χ0v) is 5.25. The van der Waals surface area contributed by atoms with Gasteiger partial charge in [0.25, 0.3) is 0 Å². The highest BCUT2D eigenvalue weighted by Crippen LogP contribution is 1.87. The van der Waals surface area contributed by atoms with Gasteiger partial charge in [-0.05, 0) is 35.7 Å². The molecule has 0 fully saturated rings. The fourth-order valence-corrected chi connectivity index (χ4v) is 0. The lowest BCUT2D eigenvalue weighted by atomic mass is 10.9. The number of halogens is 1. The zero-order chi connectivity index (χ0) is 4.28. The van der Waals surface area contributed by atoms with Crippen LogP contribution in [0.3, 0.4) is 0 Å². The second-order valence-corrected chi connectivity index (χ2v) is 1.94. The van der Waals surface area contributed by atoms with Crippen molar-refractivity contribution in [1.82, 2.24) is 0 Å². The number of hydrogen-bond donors (Lipinski definition) is 1. The molecule has 0 aliphatic rings. The molecule has 1 nitrogen and oxygen atoms in total. The maximum absolute atomic E-state index is 3.56. The van der Waals surface area contributed by atoms with Crippen LogP contribution in [0.2, 0.25) is 0 Å². The second kappa shape index (κ2) is 2.72. The summed E-state index contributed by atoms with van der Waals surface area (Å²) < 4.78 is 4.22. The Balaban J connectivity index is 3.14. The molecule has 0 rings (SSSR count). The Morgan fingerprint density at radius 1 is 2.00 bits per heavy atom. The second-order valence-electron chi connectivity index (χ2n) is 0.597. The number of nitrogens with zero attached hydrogens (tertiary/aromatic N) is 1. The van der Waals surface area contributed by atoms with E-state index in [1.165, 1.54) is 0 Å². The van der Waals surface area contributed by atoms with Gasteiger partial charge in [-0.1, -0.05) is 0 Å². The van der Waals surface area contributed by atoms with Crippen LogP contribution in [0.5, 0.6) is 0 Å². The van der Waals surface area contributed by atoms with Crippen LogP contribution in [0.25, 0.3) is 0 Å². The van der Waals surface area contributed by atoms with E-state index in [9.17, 15) is 0 Å². The van der Waals surface area contributed by atoms with Gasteiger partial charge in [-0.25, -0.2) is 4.40 Å². The van der Waals surface area contributed by atoms with E-state index in [1.807, 2.05) is 6.92 Å². The fraction of sp³-hybridized carbons (Fsp3) is 0.500. The van der Waals surface area contributed by atoms with E-state index in [0.29, 0.717) is 0 Å². The quantitative estimate of drug-likeness (QED) is 0.402. The summed E-state index contributed by atoms with van der Waals surface area (Å²) in [6, 6.07) is 0. The lowest BCUT2D eigenvalue weighted by Gasteiger charge is -1.69. The molecular formula is C2H4BrNS. The highest BCUT2D eigenvalue weighted by atomic mass is 79.9. The van der Waals surface area contributed by atoms with Crippen LogP contribution in [0.4, 0.5) is 0 Å². The number of hydrogen-bond acceptors (Lipinski definition) is 2. The highest BCUT2D eigenvalue weighted by molar-refractivity contribution is 9.18. The molecule has 0 radical (unpaired) electrons. The average molecular weight is 154 g/mol. The van der Waals surface area contributed by atoms with Crippen molar-refractivity contribution in [2.24, 2.45) is 4.40 Å². The molecule has 0 saturated carbocycles. The largest absolute Gasteiger partial charge is 0.217 e. The molecule has 0 amide bonds. The van der Waals surface area contributed by atoms with Crippen molar-refractivity contribution in [2.45, 2.75) is 6.92 Å². The first kappa shape index (κ1) is 5.50. The summed E-state index contributed by atoms with van der Waals surface area (Å²) in [7, 11) is 0. The number of rotatable bonds is 0. The summed E-state index contributed by atoms with van der Waals surface area (Å²) in [5, 5.41) is 0. The molecule has 0 heterocycles. The molecule has 0 saturated heterocycles. The van der Waals surface area contributed by atoms with Crippen molar-refractivity contribution >= 4 is 33.4 Å². The molecule has 0 N–H and O–H groups in total. The van der Waals surface area contributed by atoms with Gasteiger partial charge in [0.15, 0.2) is 0 Å². The van der Waals surface area contributed by atoms with E-state index in [4.69, 9.17) is 0 Å². The van der Waals surface area contributed by atoms with Gasteiger partial charge in [-0.3, -0.25) is 0 Å². The van der Waals surface area contributed by atoms with Crippen LogP contribution in [-0.4, -0.2) is 4.62 Å². The molecule has 0 aromatic rings. The smallest absolute Gasteiger partial charge is 0.0878 e. The molecule has 0 spiro atoms. The molecule has 3 heteroatoms. The maximum Gasteiger partial charge on any atom is 0.0878 e. The zero-order valence-electron chi connectivity index (χ0n) is 2.77. The van der Waals surface area contributed by atoms with Crippen LogP contribution >= 0.6 is 28.7 Å². The molecule has 0 bridgehead atoms. The Morgan fingerprint density at radius 2 is 2.20 bits per heavy atom. The first-order valence-electron chi connectivity index (χ1n) is 1.11. The van der Waals surface area contributed by atoms with Crippen molar-refractivity contribution < 1.29 is 0 Å². The first-order chi connectivity index (χ1) is 2.27. The van der Waals surface area contributed by atoms with E-state index in [2.05, 4.69) is 33.1 Å². The van der Waals surface area contributed by atoms with E-state index in [1.54, 1.807) is 0 Å². The van der Waals surface area contributed by atoms with Crippen LogP contribution in [0, 0.1) is 0 Å². The van der Waals surface area contributed by atoms with E-state index in [0.717, 1.165) is 4.62 Å². The minimum atomic E-state index is 0.806. The van der Waals surface area contributed by atoms with Gasteiger partial charge in [-0.15, -0.1) is 0 Å². The molecule has 0 unspecified atom stereocenters. The summed E-state index contributed by atoms with van der Waals surface area (Å²) >= 11 is 6.60. The third-order valence-electron chi connectivity index (χ3n) is 0.138. The van der Waals surface area contributed by atoms with Gasteiger partial charge in [0.1, 0.15) is 0 Å². The van der Waals surface area contributed by atoms with Crippen molar-refractivity contribution in [3.05, 3.63) is 0 Å². The maximum atomic E-state index is 3.56. The van der Waals surface area contributed by atoms with Crippen molar-refractivity contribution in [2.75, 3.05) is 0 Å². The van der Waals surface area contributed by atoms with Gasteiger partial charge in [0, 0.05) is 0 Å². The average Bonchev–Trinajstić information content (AvgIpc) is 1.38. The molecule has 30 valence electrons. The minimum Gasteiger partial charge on any atom is -0.217 e. The Bertz CT molecular complexity index is 47.6. The Kier molecular flexibility index (Phi) is 2.99. The van der Waals surface area contributed by atoms with Gasteiger partial charge >= 0.3 is 0 Å². The first-order valence-corrected chi connectivity index (χ1v) is 2.31. The van der Waals surface area contributed by atoms with Gasteiger partial charge in [-0.2, -0.15) is 0 Å². The van der Waals surface area contributed by atoms with E-state index in [-0.39, 0.29) is 0 Å². The summed E-state index contributed by atoms with van der Waals surface area (Å²) in [6.45, 7) is 1.81. The summed E-state index contributed by atoms with van der Waals surface area (Å²) in [5.41, 5.74) is 0. The topological polar surface area (TPSA) is 12.4 Å². The molecule has 0 aromatic heterocycles. The summed E-state index contributed by atoms with van der Waals surface area (Å²) in [6.07, 6.45) is 0. The van der Waals surface area contributed by atoms with Gasteiger partial charge in [0.05, 0.1) is 4.62 Å². The predicted octanol–water partition coefficient (Wildman–Crippen LogP) is 1.64. The lowest BCUT2D eigenvalue weighted by Crippen LogP contribution is -1.62. The van der Waals surface area contributed by atoms with Crippen LogP contribution in [0.15, 0.2) is 4.40 Å². The van der Waals surface area contributed by atoms with Crippen LogP contribution in [0.1, 0.15) is 6.92 Å². The molecule has 0 aromatic carbocycles. The van der Waals surface area contributed by atoms with Crippen molar-refractivity contribution in [3.8, 4) is 0 Å². The van der Waals surface area contributed by atoms with Gasteiger partial charge in [0.2, 0.25) is 0 Å². The Hall–Kier alpha value is 0.500. The SMILES string of the molecule is C/C(Br)=N\S. The Morgan fingerprint density at radius 3 is 2.20 bits per heavy atom.